The molecule has 17 heavy (non-hydrogen) atoms. The molecule has 0 bridgehead atoms. The van der Waals surface area contributed by atoms with Crippen molar-refractivity contribution in [2.75, 3.05) is 0 Å². The van der Waals surface area contributed by atoms with Crippen molar-refractivity contribution in [3.63, 3.8) is 0 Å². The molecule has 0 heterocycles. The molecule has 0 radical (unpaired) electrons. The molecule has 0 aliphatic heterocycles. The number of hydrogen-bond donors (Lipinski definition) is 0. The van der Waals surface area contributed by atoms with Crippen molar-refractivity contribution < 1.29 is 0 Å². The number of azide groups is 1. The van der Waals surface area contributed by atoms with Gasteiger partial charge in [-0.2, -0.15) is 0 Å². The molecule has 0 aliphatic rings. The summed E-state index contributed by atoms with van der Waals surface area (Å²) in [5.41, 5.74) is 9.57. The second-order valence-corrected chi connectivity index (χ2v) is 3.79. The summed E-state index contributed by atoms with van der Waals surface area (Å²) in [6.07, 6.45) is 3.81. The number of benzene rings is 1. The topological polar surface area (TPSA) is 48.8 Å². The van der Waals surface area contributed by atoms with E-state index in [0.29, 0.717) is 6.42 Å². The minimum Gasteiger partial charge on any atom is -0.103 e. The fourth-order valence-corrected chi connectivity index (χ4v) is 1.49. The molecule has 1 unspecified atom stereocenters. The Morgan fingerprint density at radius 1 is 1.29 bits per heavy atom. The van der Waals surface area contributed by atoms with E-state index in [9.17, 15) is 0 Å². The summed E-state index contributed by atoms with van der Waals surface area (Å²) in [5, 5.41) is 3.79. The van der Waals surface area contributed by atoms with Crippen LogP contribution >= 0.6 is 0 Å². The minimum atomic E-state index is -0.171. The van der Waals surface area contributed by atoms with Crippen molar-refractivity contribution >= 4 is 0 Å². The van der Waals surface area contributed by atoms with Gasteiger partial charge in [-0.25, -0.2) is 0 Å². The normalized spacial score (nSPS) is 10.9. The van der Waals surface area contributed by atoms with Crippen LogP contribution in [0.5, 0.6) is 0 Å². The van der Waals surface area contributed by atoms with Gasteiger partial charge in [-0.15, -0.1) is 11.8 Å². The summed E-state index contributed by atoms with van der Waals surface area (Å²) in [6, 6.07) is 9.60. The summed E-state index contributed by atoms with van der Waals surface area (Å²) >= 11 is 0. The molecular formula is C14H17N3. The summed E-state index contributed by atoms with van der Waals surface area (Å²) < 4.78 is 0. The van der Waals surface area contributed by atoms with E-state index in [-0.39, 0.29) is 6.04 Å². The molecule has 1 atom stereocenters. The summed E-state index contributed by atoms with van der Waals surface area (Å²) in [7, 11) is 0. The van der Waals surface area contributed by atoms with Crippen LogP contribution in [0.4, 0.5) is 0 Å². The molecule has 3 heteroatoms. The molecule has 0 N–H and O–H groups in total. The lowest BCUT2D eigenvalue weighted by atomic mass is 10.1. The second-order valence-electron chi connectivity index (χ2n) is 3.79. The van der Waals surface area contributed by atoms with Crippen LogP contribution in [0, 0.1) is 11.8 Å². The third kappa shape index (κ3) is 5.10. The van der Waals surface area contributed by atoms with Crippen molar-refractivity contribution in [1.82, 2.24) is 0 Å². The fourth-order valence-electron chi connectivity index (χ4n) is 1.49. The van der Waals surface area contributed by atoms with Crippen LogP contribution in [0.3, 0.4) is 0 Å². The van der Waals surface area contributed by atoms with E-state index in [1.165, 1.54) is 0 Å². The van der Waals surface area contributed by atoms with Gasteiger partial charge in [0, 0.05) is 17.8 Å². The van der Waals surface area contributed by atoms with Gasteiger partial charge in [0.2, 0.25) is 0 Å². The maximum absolute atomic E-state index is 8.55. The Labute approximate surface area is 102 Å². The first-order chi connectivity index (χ1) is 8.38. The highest BCUT2D eigenvalue weighted by molar-refractivity contribution is 5.21. The van der Waals surface area contributed by atoms with Crippen LogP contribution in [-0.4, -0.2) is 0 Å². The van der Waals surface area contributed by atoms with Crippen molar-refractivity contribution in [3.05, 3.63) is 46.3 Å². The maximum Gasteiger partial charge on any atom is 0.0734 e. The molecule has 0 amide bonds. The molecule has 88 valence electrons. The molecule has 3 nitrogen and oxygen atoms in total. The van der Waals surface area contributed by atoms with E-state index in [2.05, 4.69) is 28.8 Å². The first-order valence-corrected chi connectivity index (χ1v) is 5.93. The average Bonchev–Trinajstić information content (AvgIpc) is 2.38. The van der Waals surface area contributed by atoms with Gasteiger partial charge in [0.1, 0.15) is 0 Å². The van der Waals surface area contributed by atoms with Gasteiger partial charge >= 0.3 is 0 Å². The van der Waals surface area contributed by atoms with E-state index in [1.807, 2.05) is 30.3 Å². The van der Waals surface area contributed by atoms with Crippen LogP contribution in [-0.2, 0) is 0 Å². The lowest BCUT2D eigenvalue weighted by Gasteiger charge is -2.06. The van der Waals surface area contributed by atoms with Gasteiger partial charge in [-0.3, -0.25) is 0 Å². The molecule has 1 rings (SSSR count). The zero-order chi connectivity index (χ0) is 12.3. The standard InChI is InChI=1S/C14H17N3/c1-2-3-4-5-9-12-14(16-17-15)13-10-7-6-8-11-13/h6-8,10-11,14H,2-4,12H2,1H3. The number of rotatable bonds is 5. The molecular weight excluding hydrogens is 210 g/mol. The number of hydrogen-bond acceptors (Lipinski definition) is 1. The van der Waals surface area contributed by atoms with Gasteiger partial charge in [0.15, 0.2) is 0 Å². The summed E-state index contributed by atoms with van der Waals surface area (Å²) in [5.74, 6) is 6.20. The van der Waals surface area contributed by atoms with Crippen molar-refractivity contribution in [2.45, 2.75) is 38.6 Å². The van der Waals surface area contributed by atoms with E-state index in [1.54, 1.807) is 0 Å². The van der Waals surface area contributed by atoms with E-state index >= 15 is 0 Å². The Morgan fingerprint density at radius 3 is 2.71 bits per heavy atom. The van der Waals surface area contributed by atoms with Gasteiger partial charge < -0.3 is 0 Å². The highest BCUT2D eigenvalue weighted by Gasteiger charge is 2.06. The minimum absolute atomic E-state index is 0.171. The van der Waals surface area contributed by atoms with Crippen molar-refractivity contribution in [2.24, 2.45) is 5.11 Å². The van der Waals surface area contributed by atoms with Gasteiger partial charge in [0.25, 0.3) is 0 Å². The Kier molecular flexibility index (Phi) is 6.40. The SMILES string of the molecule is CCCCC#CCC(N=[N+]=[N-])c1ccccc1. The van der Waals surface area contributed by atoms with Crippen molar-refractivity contribution in [3.8, 4) is 11.8 Å². The number of unbranched alkanes of at least 4 members (excludes halogenated alkanes) is 2. The summed E-state index contributed by atoms with van der Waals surface area (Å²) in [4.78, 5) is 2.88. The molecule has 1 aromatic carbocycles. The zero-order valence-corrected chi connectivity index (χ0v) is 10.1. The molecule has 0 aliphatic carbocycles. The van der Waals surface area contributed by atoms with Gasteiger partial charge in [0.05, 0.1) is 6.04 Å². The molecule has 0 fully saturated rings. The molecule has 0 saturated carbocycles. The Morgan fingerprint density at radius 2 is 2.06 bits per heavy atom. The quantitative estimate of drug-likeness (QED) is 0.232. The van der Waals surface area contributed by atoms with Gasteiger partial charge in [-0.05, 0) is 17.5 Å². The predicted octanol–water partition coefficient (Wildman–Crippen LogP) is 4.62. The monoisotopic (exact) mass is 227 g/mol. The molecule has 0 spiro atoms. The van der Waals surface area contributed by atoms with E-state index in [4.69, 9.17) is 5.53 Å². The molecule has 1 aromatic rings. The Hall–Kier alpha value is -1.91. The van der Waals surface area contributed by atoms with Crippen LogP contribution in [0.25, 0.3) is 10.4 Å². The van der Waals surface area contributed by atoms with E-state index in [0.717, 1.165) is 24.8 Å². The van der Waals surface area contributed by atoms with Crippen LogP contribution in [0.1, 0.15) is 44.2 Å². The molecule has 0 saturated heterocycles. The second kappa shape index (κ2) is 8.27. The van der Waals surface area contributed by atoms with Crippen LogP contribution < -0.4 is 0 Å². The van der Waals surface area contributed by atoms with Crippen molar-refractivity contribution in [1.29, 1.82) is 0 Å². The predicted molar refractivity (Wildman–Crippen MR) is 70.2 cm³/mol. The first kappa shape index (κ1) is 13.2. The molecule has 0 aromatic heterocycles. The van der Waals surface area contributed by atoms with Gasteiger partial charge in [-0.1, -0.05) is 48.8 Å². The van der Waals surface area contributed by atoms with Crippen LogP contribution in [0.15, 0.2) is 35.4 Å². The highest BCUT2D eigenvalue weighted by atomic mass is 15.1. The fraction of sp³-hybridized carbons (Fsp3) is 0.429. The highest BCUT2D eigenvalue weighted by Crippen LogP contribution is 2.20. The Bertz CT molecular complexity index is 422. The van der Waals surface area contributed by atoms with Crippen LogP contribution in [0.2, 0.25) is 0 Å². The number of nitrogens with zero attached hydrogens (tertiary/aromatic N) is 3. The average molecular weight is 227 g/mol. The maximum atomic E-state index is 8.55. The smallest absolute Gasteiger partial charge is 0.0734 e. The van der Waals surface area contributed by atoms with E-state index < -0.39 is 0 Å². The lowest BCUT2D eigenvalue weighted by Crippen LogP contribution is -1.92. The largest absolute Gasteiger partial charge is 0.103 e. The third-order valence-electron chi connectivity index (χ3n) is 2.45. The summed E-state index contributed by atoms with van der Waals surface area (Å²) in [6.45, 7) is 2.15. The lowest BCUT2D eigenvalue weighted by molar-refractivity contribution is 0.744. The Balaban J connectivity index is 2.61. The zero-order valence-electron chi connectivity index (χ0n) is 10.1. The first-order valence-electron chi connectivity index (χ1n) is 5.93. The third-order valence-corrected chi connectivity index (χ3v) is 2.45.